The summed E-state index contributed by atoms with van der Waals surface area (Å²) in [5.41, 5.74) is 0. The Labute approximate surface area is 95.0 Å². The number of aliphatic carboxylic acids is 1. The van der Waals surface area contributed by atoms with Crippen LogP contribution in [-0.2, 0) is 9.59 Å². The van der Waals surface area contributed by atoms with Crippen LogP contribution in [0.5, 0.6) is 0 Å². The van der Waals surface area contributed by atoms with Crippen LogP contribution in [0.4, 0.5) is 0 Å². The molecule has 1 aliphatic carbocycles. The van der Waals surface area contributed by atoms with Crippen LogP contribution in [0.2, 0.25) is 0 Å². The van der Waals surface area contributed by atoms with Crippen molar-refractivity contribution >= 4 is 11.9 Å². The Kier molecular flexibility index (Phi) is 4.76. The number of carboxylic acid groups (broad SMARTS) is 1. The van der Waals surface area contributed by atoms with E-state index in [0.717, 1.165) is 12.8 Å². The standard InChI is InChI=1S/C12H17NO3/c1-2-5-10(12(15)16)13-11(14)8-9-6-3-4-7-9/h2-3,6,9-10H,1,4-5,7-8H2,(H,13,14)(H,15,16). The number of nitrogens with one attached hydrogen (secondary N) is 1. The average Bonchev–Trinajstić information content (AvgIpc) is 2.69. The zero-order valence-electron chi connectivity index (χ0n) is 9.19. The minimum absolute atomic E-state index is 0.203. The van der Waals surface area contributed by atoms with E-state index < -0.39 is 12.0 Å². The maximum atomic E-state index is 11.5. The first-order chi connectivity index (χ1) is 7.63. The van der Waals surface area contributed by atoms with Gasteiger partial charge in [0.15, 0.2) is 0 Å². The fraction of sp³-hybridized carbons (Fsp3) is 0.500. The molecule has 1 aliphatic rings. The second-order valence-corrected chi connectivity index (χ2v) is 3.95. The van der Waals surface area contributed by atoms with Gasteiger partial charge in [-0.2, -0.15) is 0 Å². The fourth-order valence-corrected chi connectivity index (χ4v) is 1.74. The predicted octanol–water partition coefficient (Wildman–Crippen LogP) is 1.49. The third kappa shape index (κ3) is 3.88. The lowest BCUT2D eigenvalue weighted by Gasteiger charge is -2.14. The first-order valence-electron chi connectivity index (χ1n) is 5.43. The third-order valence-corrected chi connectivity index (χ3v) is 2.60. The summed E-state index contributed by atoms with van der Waals surface area (Å²) in [4.78, 5) is 22.3. The Morgan fingerprint density at radius 2 is 2.38 bits per heavy atom. The minimum atomic E-state index is -1.02. The fourth-order valence-electron chi connectivity index (χ4n) is 1.74. The molecule has 0 saturated heterocycles. The van der Waals surface area contributed by atoms with Gasteiger partial charge in [0.2, 0.25) is 5.91 Å². The zero-order chi connectivity index (χ0) is 12.0. The van der Waals surface area contributed by atoms with E-state index in [0.29, 0.717) is 6.42 Å². The Bertz CT molecular complexity index is 309. The molecule has 0 aromatic heterocycles. The molecule has 2 unspecified atom stereocenters. The summed E-state index contributed by atoms with van der Waals surface area (Å²) in [6.45, 7) is 3.47. The van der Waals surface area contributed by atoms with Gasteiger partial charge in [0.25, 0.3) is 0 Å². The van der Waals surface area contributed by atoms with E-state index in [1.165, 1.54) is 6.08 Å². The van der Waals surface area contributed by atoms with E-state index in [9.17, 15) is 9.59 Å². The highest BCUT2D eigenvalue weighted by molar-refractivity contribution is 5.83. The topological polar surface area (TPSA) is 66.4 Å². The molecular formula is C12H17NO3. The molecule has 0 heterocycles. The minimum Gasteiger partial charge on any atom is -0.480 e. The van der Waals surface area contributed by atoms with Crippen LogP contribution in [0, 0.1) is 5.92 Å². The number of amides is 1. The van der Waals surface area contributed by atoms with Gasteiger partial charge in [-0.25, -0.2) is 4.79 Å². The van der Waals surface area contributed by atoms with E-state index in [-0.39, 0.29) is 18.2 Å². The number of carbonyl (C=O) groups is 2. The molecule has 2 atom stereocenters. The monoisotopic (exact) mass is 223 g/mol. The molecule has 0 fully saturated rings. The van der Waals surface area contributed by atoms with Crippen molar-refractivity contribution in [3.63, 3.8) is 0 Å². The van der Waals surface area contributed by atoms with Crippen molar-refractivity contribution in [2.45, 2.75) is 31.7 Å². The van der Waals surface area contributed by atoms with Crippen LogP contribution < -0.4 is 5.32 Å². The second kappa shape index (κ2) is 6.10. The van der Waals surface area contributed by atoms with Crippen molar-refractivity contribution in [2.24, 2.45) is 5.92 Å². The summed E-state index contributed by atoms with van der Waals surface area (Å²) in [5.74, 6) is -0.959. The van der Waals surface area contributed by atoms with Gasteiger partial charge >= 0.3 is 5.97 Å². The van der Waals surface area contributed by atoms with Crippen molar-refractivity contribution in [2.75, 3.05) is 0 Å². The molecule has 2 N–H and O–H groups in total. The molecule has 4 nitrogen and oxygen atoms in total. The van der Waals surface area contributed by atoms with Gasteiger partial charge in [-0.15, -0.1) is 6.58 Å². The predicted molar refractivity (Wildman–Crippen MR) is 60.9 cm³/mol. The number of carboxylic acids is 1. The zero-order valence-corrected chi connectivity index (χ0v) is 9.19. The van der Waals surface area contributed by atoms with Gasteiger partial charge in [0, 0.05) is 6.42 Å². The lowest BCUT2D eigenvalue weighted by molar-refractivity contribution is -0.141. The molecule has 1 rings (SSSR count). The molecular weight excluding hydrogens is 206 g/mol. The maximum absolute atomic E-state index is 11.5. The van der Waals surface area contributed by atoms with Crippen LogP contribution in [0.15, 0.2) is 24.8 Å². The Morgan fingerprint density at radius 3 is 2.88 bits per heavy atom. The smallest absolute Gasteiger partial charge is 0.326 e. The highest BCUT2D eigenvalue weighted by Crippen LogP contribution is 2.20. The van der Waals surface area contributed by atoms with Crippen LogP contribution >= 0.6 is 0 Å². The van der Waals surface area contributed by atoms with Gasteiger partial charge in [0.05, 0.1) is 0 Å². The number of rotatable bonds is 6. The summed E-state index contributed by atoms with van der Waals surface area (Å²) < 4.78 is 0. The molecule has 0 saturated carbocycles. The van der Waals surface area contributed by atoms with Crippen LogP contribution in [0.1, 0.15) is 25.7 Å². The SMILES string of the molecule is C=CCC(NC(=O)CC1C=CCC1)C(=O)O. The average molecular weight is 223 g/mol. The molecule has 0 aromatic carbocycles. The molecule has 0 aromatic rings. The van der Waals surface area contributed by atoms with Gasteiger partial charge < -0.3 is 10.4 Å². The highest BCUT2D eigenvalue weighted by Gasteiger charge is 2.20. The molecule has 1 amide bonds. The molecule has 4 heteroatoms. The Hall–Kier alpha value is -1.58. The maximum Gasteiger partial charge on any atom is 0.326 e. The first-order valence-corrected chi connectivity index (χ1v) is 5.43. The van der Waals surface area contributed by atoms with Gasteiger partial charge in [0.1, 0.15) is 6.04 Å². The quantitative estimate of drug-likeness (QED) is 0.670. The number of hydrogen-bond donors (Lipinski definition) is 2. The van der Waals surface area contributed by atoms with E-state index in [1.807, 2.05) is 6.08 Å². The lowest BCUT2D eigenvalue weighted by Crippen LogP contribution is -2.40. The third-order valence-electron chi connectivity index (χ3n) is 2.60. The van der Waals surface area contributed by atoms with Crippen molar-refractivity contribution < 1.29 is 14.7 Å². The van der Waals surface area contributed by atoms with E-state index in [1.54, 1.807) is 0 Å². The molecule has 0 aliphatic heterocycles. The van der Waals surface area contributed by atoms with Crippen LogP contribution in [-0.4, -0.2) is 23.0 Å². The van der Waals surface area contributed by atoms with Crippen molar-refractivity contribution in [3.8, 4) is 0 Å². The molecule has 0 bridgehead atoms. The Balaban J connectivity index is 2.38. The van der Waals surface area contributed by atoms with E-state index in [2.05, 4.69) is 18.0 Å². The van der Waals surface area contributed by atoms with E-state index in [4.69, 9.17) is 5.11 Å². The summed E-state index contributed by atoms with van der Waals surface area (Å²) in [5, 5.41) is 11.3. The van der Waals surface area contributed by atoms with Crippen molar-refractivity contribution in [3.05, 3.63) is 24.8 Å². The van der Waals surface area contributed by atoms with Gasteiger partial charge in [-0.3, -0.25) is 4.79 Å². The van der Waals surface area contributed by atoms with E-state index >= 15 is 0 Å². The van der Waals surface area contributed by atoms with Gasteiger partial charge in [-0.05, 0) is 25.2 Å². The van der Waals surface area contributed by atoms with Gasteiger partial charge in [-0.1, -0.05) is 18.2 Å². The van der Waals surface area contributed by atoms with Crippen LogP contribution in [0.25, 0.3) is 0 Å². The van der Waals surface area contributed by atoms with Crippen molar-refractivity contribution in [1.82, 2.24) is 5.32 Å². The molecule has 0 radical (unpaired) electrons. The number of carbonyl (C=O) groups excluding carboxylic acids is 1. The number of allylic oxidation sites excluding steroid dienone is 2. The summed E-state index contributed by atoms with van der Waals surface area (Å²) in [6, 6.07) is -0.851. The first kappa shape index (κ1) is 12.5. The molecule has 88 valence electrons. The molecule has 16 heavy (non-hydrogen) atoms. The number of hydrogen-bond acceptors (Lipinski definition) is 2. The summed E-state index contributed by atoms with van der Waals surface area (Å²) >= 11 is 0. The summed E-state index contributed by atoms with van der Waals surface area (Å²) in [7, 11) is 0. The second-order valence-electron chi connectivity index (χ2n) is 3.95. The van der Waals surface area contributed by atoms with Crippen LogP contribution in [0.3, 0.4) is 0 Å². The lowest BCUT2D eigenvalue weighted by atomic mass is 10.0. The Morgan fingerprint density at radius 1 is 1.62 bits per heavy atom. The highest BCUT2D eigenvalue weighted by atomic mass is 16.4. The van der Waals surface area contributed by atoms with Crippen molar-refractivity contribution in [1.29, 1.82) is 0 Å². The largest absolute Gasteiger partial charge is 0.480 e. The normalized spacial score (nSPS) is 20.4. The summed E-state index contributed by atoms with van der Waals surface area (Å²) in [6.07, 6.45) is 8.17. The molecule has 0 spiro atoms.